The number of nitrogens with one attached hydrogen (secondary N) is 1. The van der Waals surface area contributed by atoms with Gasteiger partial charge in [0.2, 0.25) is 6.41 Å². The van der Waals surface area contributed by atoms with Crippen LogP contribution in [0.5, 0.6) is 0 Å². The minimum atomic E-state index is -4.64. The molecule has 25 heavy (non-hydrogen) atoms. The first-order valence-electron chi connectivity index (χ1n) is 8.05. The molecule has 0 aliphatic carbocycles. The maximum atomic E-state index is 10.7. The van der Waals surface area contributed by atoms with Crippen molar-refractivity contribution >= 4 is 41.3 Å². The highest BCUT2D eigenvalue weighted by Crippen LogP contribution is 2.39. The molecule has 3 rings (SSSR count). The number of anilines is 1. The molecule has 138 valence electrons. The molecule has 4 N–H and O–H groups in total. The summed E-state index contributed by atoms with van der Waals surface area (Å²) in [7, 11) is -4.64. The number of piperidine rings is 1. The third-order valence-electron chi connectivity index (χ3n) is 4.21. The number of carbonyl (C=O) groups excluding carboxylic acids is 1. The predicted molar refractivity (Wildman–Crippen MR) is 99.9 cm³/mol. The monoisotopic (exact) mass is 386 g/mol. The van der Waals surface area contributed by atoms with Crippen molar-refractivity contribution in [3.63, 3.8) is 0 Å². The van der Waals surface area contributed by atoms with E-state index in [9.17, 15) is 4.79 Å². The molecule has 1 aliphatic heterocycles. The van der Waals surface area contributed by atoms with Gasteiger partial charge in [-0.25, -0.2) is 4.57 Å². The van der Waals surface area contributed by atoms with Crippen LogP contribution in [0.2, 0.25) is 0 Å². The molecular weight excluding hydrogens is 363 g/mol. The van der Waals surface area contributed by atoms with Gasteiger partial charge in [-0.1, -0.05) is 19.1 Å². The molecule has 1 aromatic carbocycles. The summed E-state index contributed by atoms with van der Waals surface area (Å²) in [5.41, 5.74) is 0.930. The van der Waals surface area contributed by atoms with Crippen molar-refractivity contribution < 1.29 is 24.0 Å². The molecule has 7 nitrogen and oxygen atoms in total. The Balaban J connectivity index is 0.000000399. The Morgan fingerprint density at radius 3 is 2.52 bits per heavy atom. The van der Waals surface area contributed by atoms with Crippen LogP contribution in [0.15, 0.2) is 24.3 Å². The highest BCUT2D eigenvalue weighted by atomic mass is 32.1. The van der Waals surface area contributed by atoms with Gasteiger partial charge in [0.1, 0.15) is 0 Å². The normalized spacial score (nSPS) is 16.3. The summed E-state index contributed by atoms with van der Waals surface area (Å²) < 4.78 is 10.1. The average Bonchev–Trinajstić information content (AvgIpc) is 2.99. The van der Waals surface area contributed by atoms with E-state index < -0.39 is 7.82 Å². The molecule has 0 saturated carbocycles. The number of amides is 1. The molecule has 2 heterocycles. The van der Waals surface area contributed by atoms with Gasteiger partial charge in [-0.3, -0.25) is 4.79 Å². The fourth-order valence-electron chi connectivity index (χ4n) is 3.00. The van der Waals surface area contributed by atoms with E-state index in [-0.39, 0.29) is 0 Å². The van der Waals surface area contributed by atoms with Gasteiger partial charge in [0.25, 0.3) is 0 Å². The zero-order valence-corrected chi connectivity index (χ0v) is 15.7. The SMILES string of the molecule is CCN1CCC(c2cc3cccc(NC=O)c3s2)CC1.O=P(O)(O)O. The number of likely N-dealkylation sites (tertiary alicyclic amines) is 1. The van der Waals surface area contributed by atoms with Crippen LogP contribution in [0.25, 0.3) is 10.1 Å². The second kappa shape index (κ2) is 8.89. The molecule has 2 aromatic rings. The van der Waals surface area contributed by atoms with Gasteiger partial charge < -0.3 is 24.9 Å². The number of thiophene rings is 1. The van der Waals surface area contributed by atoms with Gasteiger partial charge in [0.05, 0.1) is 10.4 Å². The van der Waals surface area contributed by atoms with Crippen molar-refractivity contribution in [3.8, 4) is 0 Å². The summed E-state index contributed by atoms with van der Waals surface area (Å²) in [6, 6.07) is 8.41. The smallest absolute Gasteiger partial charge is 0.327 e. The number of fused-ring (bicyclic) bond motifs is 1. The lowest BCUT2D eigenvalue weighted by Crippen LogP contribution is -2.32. The van der Waals surface area contributed by atoms with E-state index in [1.54, 1.807) is 0 Å². The fraction of sp³-hybridized carbons (Fsp3) is 0.438. The van der Waals surface area contributed by atoms with Crippen molar-refractivity contribution in [2.45, 2.75) is 25.7 Å². The minimum Gasteiger partial charge on any atom is -0.327 e. The molecular formula is C16H23N2O5PS. The third-order valence-corrected chi connectivity index (χ3v) is 5.56. The van der Waals surface area contributed by atoms with Crippen LogP contribution in [-0.4, -0.2) is 45.6 Å². The fourth-order valence-corrected chi connectivity index (χ4v) is 4.30. The van der Waals surface area contributed by atoms with E-state index in [4.69, 9.17) is 19.2 Å². The number of hydrogen-bond acceptors (Lipinski definition) is 4. The molecule has 1 aliphatic rings. The van der Waals surface area contributed by atoms with Gasteiger partial charge in [0, 0.05) is 4.88 Å². The Hall–Kier alpha value is -1.28. The standard InChI is InChI=1S/C16H20N2OS.H3O4P/c1-2-18-8-6-12(7-9-18)15-10-13-4-3-5-14(17-11-19)16(13)20-15;1-5(2,3)4/h3-5,10-12H,2,6-9H2,1H3,(H,17,19);(H3,1,2,3,4). The second-order valence-corrected chi connectivity index (χ2v) is 7.97. The third kappa shape index (κ3) is 6.18. The molecule has 1 fully saturated rings. The number of benzene rings is 1. The largest absolute Gasteiger partial charge is 0.466 e. The van der Waals surface area contributed by atoms with Crippen molar-refractivity contribution in [2.24, 2.45) is 0 Å². The van der Waals surface area contributed by atoms with Crippen LogP contribution in [-0.2, 0) is 9.36 Å². The van der Waals surface area contributed by atoms with Gasteiger partial charge in [-0.2, -0.15) is 0 Å². The second-order valence-electron chi connectivity index (χ2n) is 5.86. The van der Waals surface area contributed by atoms with E-state index in [0.717, 1.165) is 18.6 Å². The van der Waals surface area contributed by atoms with E-state index in [0.29, 0.717) is 5.92 Å². The number of phosphoric acid groups is 1. The molecule has 1 saturated heterocycles. The predicted octanol–water partition coefficient (Wildman–Crippen LogP) is 2.74. The van der Waals surface area contributed by atoms with Gasteiger partial charge in [-0.15, -0.1) is 11.3 Å². The van der Waals surface area contributed by atoms with Crippen LogP contribution in [0.1, 0.15) is 30.6 Å². The number of nitrogens with zero attached hydrogens (tertiary/aromatic N) is 1. The first kappa shape index (κ1) is 20.0. The Morgan fingerprint density at radius 1 is 1.32 bits per heavy atom. The highest BCUT2D eigenvalue weighted by Gasteiger charge is 2.21. The summed E-state index contributed by atoms with van der Waals surface area (Å²) in [5, 5.41) is 4.05. The molecule has 1 amide bonds. The summed E-state index contributed by atoms with van der Waals surface area (Å²) in [6.45, 7) is 5.80. The van der Waals surface area contributed by atoms with E-state index in [1.165, 1.54) is 40.9 Å². The van der Waals surface area contributed by atoms with E-state index >= 15 is 0 Å². The molecule has 1 aromatic heterocycles. The van der Waals surface area contributed by atoms with Crippen LogP contribution in [0, 0.1) is 0 Å². The van der Waals surface area contributed by atoms with Gasteiger partial charge >= 0.3 is 7.82 Å². The van der Waals surface area contributed by atoms with E-state index in [2.05, 4.69) is 29.3 Å². The Morgan fingerprint density at radius 2 is 1.96 bits per heavy atom. The Bertz CT molecular complexity index is 744. The summed E-state index contributed by atoms with van der Waals surface area (Å²) in [4.78, 5) is 36.2. The molecule has 0 atom stereocenters. The van der Waals surface area contributed by atoms with Crippen LogP contribution in [0.4, 0.5) is 5.69 Å². The lowest BCUT2D eigenvalue weighted by atomic mass is 9.95. The van der Waals surface area contributed by atoms with Gasteiger partial charge in [0.15, 0.2) is 0 Å². The maximum Gasteiger partial charge on any atom is 0.466 e. The van der Waals surface area contributed by atoms with Gasteiger partial charge in [-0.05, 0) is 55.9 Å². The van der Waals surface area contributed by atoms with Crippen molar-refractivity contribution in [3.05, 3.63) is 29.1 Å². The quantitative estimate of drug-likeness (QED) is 0.475. The van der Waals surface area contributed by atoms with Crippen molar-refractivity contribution in [2.75, 3.05) is 25.0 Å². The maximum absolute atomic E-state index is 10.7. The van der Waals surface area contributed by atoms with Crippen LogP contribution >= 0.6 is 19.2 Å². The Labute approximate surface area is 150 Å². The lowest BCUT2D eigenvalue weighted by molar-refractivity contribution is -0.105. The van der Waals surface area contributed by atoms with E-state index in [1.807, 2.05) is 23.5 Å². The zero-order chi connectivity index (χ0) is 18.4. The minimum absolute atomic E-state index is 0.680. The first-order valence-corrected chi connectivity index (χ1v) is 10.4. The summed E-state index contributed by atoms with van der Waals surface area (Å²) >= 11 is 1.84. The van der Waals surface area contributed by atoms with Crippen LogP contribution in [0.3, 0.4) is 0 Å². The molecule has 0 spiro atoms. The molecule has 9 heteroatoms. The summed E-state index contributed by atoms with van der Waals surface area (Å²) in [5.74, 6) is 0.680. The summed E-state index contributed by atoms with van der Waals surface area (Å²) in [6.07, 6.45) is 3.25. The highest BCUT2D eigenvalue weighted by molar-refractivity contribution is 7.45. The number of rotatable bonds is 4. The molecule has 0 radical (unpaired) electrons. The average molecular weight is 386 g/mol. The molecule has 0 bridgehead atoms. The topological polar surface area (TPSA) is 110 Å². The Kier molecular flexibility index (Phi) is 7.13. The zero-order valence-electron chi connectivity index (χ0n) is 14.0. The number of carbonyl (C=O) groups is 1. The number of hydrogen-bond donors (Lipinski definition) is 4. The first-order chi connectivity index (χ1) is 11.8. The lowest BCUT2D eigenvalue weighted by Gasteiger charge is -2.30. The van der Waals surface area contributed by atoms with Crippen molar-refractivity contribution in [1.82, 2.24) is 4.90 Å². The van der Waals surface area contributed by atoms with Crippen LogP contribution < -0.4 is 5.32 Å². The molecule has 0 unspecified atom stereocenters. The van der Waals surface area contributed by atoms with Crippen molar-refractivity contribution in [1.29, 1.82) is 0 Å².